The number of aliphatic hydroxyl groups is 1. The number of nitrogens with zero attached hydrogens (tertiary/aromatic N) is 1. The molecule has 0 aliphatic rings. The van der Waals surface area contributed by atoms with Crippen LogP contribution < -0.4 is 5.73 Å². The highest BCUT2D eigenvalue weighted by atomic mass is 16.4. The third-order valence-corrected chi connectivity index (χ3v) is 0.390. The number of aliphatic hydroxyl groups excluding tert-OH is 1. The van der Waals surface area contributed by atoms with Gasteiger partial charge in [-0.3, -0.25) is 4.79 Å². The molecule has 0 aromatic rings. The van der Waals surface area contributed by atoms with E-state index in [4.69, 9.17) is 15.5 Å². The molecule has 4 N–H and O–H groups in total. The van der Waals surface area contributed by atoms with E-state index >= 15 is 0 Å². The summed E-state index contributed by atoms with van der Waals surface area (Å²) in [5, 5.41) is 21.6. The Kier molecular flexibility index (Phi) is 8.50. The molecule has 0 bridgehead atoms. The fourth-order valence-electron chi connectivity index (χ4n) is 0.153. The van der Waals surface area contributed by atoms with E-state index in [2.05, 4.69) is 5.73 Å². The summed E-state index contributed by atoms with van der Waals surface area (Å²) < 4.78 is 0. The molecule has 11 heavy (non-hydrogen) atoms. The van der Waals surface area contributed by atoms with Gasteiger partial charge in [0, 0.05) is 12.2 Å². The van der Waals surface area contributed by atoms with Crippen LogP contribution in [0.5, 0.6) is 0 Å². The third-order valence-electron chi connectivity index (χ3n) is 0.390. The van der Waals surface area contributed by atoms with E-state index in [1.54, 1.807) is 0 Å². The summed E-state index contributed by atoms with van der Waals surface area (Å²) in [5.41, 5.74) is 4.55. The van der Waals surface area contributed by atoms with Crippen molar-refractivity contribution < 1.29 is 19.8 Å². The summed E-state index contributed by atoms with van der Waals surface area (Å²) in [7, 11) is 0. The SMILES string of the molecule is N#CO.NC(=O)/C=C\C(=O)O. The van der Waals surface area contributed by atoms with Gasteiger partial charge in [-0.15, -0.1) is 0 Å². The molecule has 0 saturated heterocycles. The Morgan fingerprint density at radius 3 is 1.91 bits per heavy atom. The van der Waals surface area contributed by atoms with E-state index in [0.29, 0.717) is 6.08 Å². The largest absolute Gasteiger partial charge is 0.478 e. The van der Waals surface area contributed by atoms with Crippen LogP contribution in [0.2, 0.25) is 0 Å². The monoisotopic (exact) mass is 158 g/mol. The van der Waals surface area contributed by atoms with Gasteiger partial charge < -0.3 is 15.9 Å². The predicted molar refractivity (Wildman–Crippen MR) is 33.5 cm³/mol. The number of hydrogen-bond acceptors (Lipinski definition) is 4. The van der Waals surface area contributed by atoms with Crippen molar-refractivity contribution in [1.29, 1.82) is 5.26 Å². The van der Waals surface area contributed by atoms with Crippen molar-refractivity contribution in [2.24, 2.45) is 5.73 Å². The van der Waals surface area contributed by atoms with E-state index in [1.807, 2.05) is 0 Å². The molecule has 0 heterocycles. The second-order valence-corrected chi connectivity index (χ2v) is 1.17. The Hall–Kier alpha value is -2.03. The van der Waals surface area contributed by atoms with Crippen molar-refractivity contribution in [3.63, 3.8) is 0 Å². The molecule has 60 valence electrons. The average molecular weight is 158 g/mol. The van der Waals surface area contributed by atoms with Gasteiger partial charge in [0.15, 0.2) is 0 Å². The predicted octanol–water partition coefficient (Wildman–Crippen LogP) is -1.05. The van der Waals surface area contributed by atoms with Crippen LogP contribution in [0.1, 0.15) is 0 Å². The number of nitrogens with two attached hydrogens (primary N) is 1. The van der Waals surface area contributed by atoms with Gasteiger partial charge in [-0.2, -0.15) is 5.26 Å². The van der Waals surface area contributed by atoms with Crippen LogP contribution in [0.3, 0.4) is 0 Å². The number of primary amides is 1. The smallest absolute Gasteiger partial charge is 0.328 e. The minimum Gasteiger partial charge on any atom is -0.478 e. The summed E-state index contributed by atoms with van der Waals surface area (Å²) >= 11 is 0. The first-order valence-corrected chi connectivity index (χ1v) is 2.28. The first kappa shape index (κ1) is 11.7. The van der Waals surface area contributed by atoms with Crippen LogP contribution in [-0.4, -0.2) is 22.1 Å². The van der Waals surface area contributed by atoms with Gasteiger partial charge in [0.25, 0.3) is 6.26 Å². The van der Waals surface area contributed by atoms with Crippen molar-refractivity contribution in [3.8, 4) is 6.26 Å². The van der Waals surface area contributed by atoms with E-state index in [-0.39, 0.29) is 0 Å². The lowest BCUT2D eigenvalue weighted by Crippen LogP contribution is -2.06. The lowest BCUT2D eigenvalue weighted by Gasteiger charge is -1.75. The molecule has 0 aliphatic carbocycles. The minimum absolute atomic E-state index is 0.683. The maximum atomic E-state index is 9.78. The second kappa shape index (κ2) is 7.97. The fraction of sp³-hybridized carbons (Fsp3) is 0. The van der Waals surface area contributed by atoms with E-state index < -0.39 is 11.9 Å². The van der Waals surface area contributed by atoms with E-state index in [9.17, 15) is 9.59 Å². The van der Waals surface area contributed by atoms with E-state index in [0.717, 1.165) is 12.3 Å². The van der Waals surface area contributed by atoms with Crippen molar-refractivity contribution in [3.05, 3.63) is 12.2 Å². The molecule has 0 rings (SSSR count). The number of hydrogen-bond donors (Lipinski definition) is 3. The number of amides is 1. The van der Waals surface area contributed by atoms with Crippen LogP contribution >= 0.6 is 0 Å². The minimum atomic E-state index is -1.18. The first-order chi connectivity index (χ1) is 5.04. The molecule has 0 saturated carbocycles. The van der Waals surface area contributed by atoms with Gasteiger partial charge in [-0.1, -0.05) is 0 Å². The fourth-order valence-corrected chi connectivity index (χ4v) is 0.153. The molecule has 0 fully saturated rings. The molecule has 0 aliphatic heterocycles. The van der Waals surface area contributed by atoms with Gasteiger partial charge in [-0.25, -0.2) is 4.79 Å². The number of carbonyl (C=O) groups is 2. The molecule has 6 heteroatoms. The summed E-state index contributed by atoms with van der Waals surface area (Å²) in [5.74, 6) is -1.93. The maximum absolute atomic E-state index is 9.78. The normalized spacial score (nSPS) is 7.55. The Morgan fingerprint density at radius 1 is 1.45 bits per heavy atom. The zero-order valence-electron chi connectivity index (χ0n) is 5.39. The van der Waals surface area contributed by atoms with Gasteiger partial charge in [0.05, 0.1) is 0 Å². The maximum Gasteiger partial charge on any atom is 0.328 e. The highest BCUT2D eigenvalue weighted by molar-refractivity contribution is 5.92. The number of rotatable bonds is 2. The quantitative estimate of drug-likeness (QED) is 0.349. The van der Waals surface area contributed by atoms with Crippen LogP contribution in [0, 0.1) is 11.5 Å². The van der Waals surface area contributed by atoms with Gasteiger partial charge in [-0.05, 0) is 0 Å². The molecule has 0 aromatic heterocycles. The number of nitriles is 1. The van der Waals surface area contributed by atoms with Gasteiger partial charge >= 0.3 is 5.97 Å². The highest BCUT2D eigenvalue weighted by Crippen LogP contribution is 1.68. The molecule has 0 spiro atoms. The lowest BCUT2D eigenvalue weighted by molar-refractivity contribution is -0.131. The second-order valence-electron chi connectivity index (χ2n) is 1.17. The standard InChI is InChI=1S/C4H5NO3.CHNO/c5-3(6)1-2-4(7)8;2-1-3/h1-2H,(H2,5,6)(H,7,8);3H/b2-1-;. The zero-order valence-corrected chi connectivity index (χ0v) is 5.39. The van der Waals surface area contributed by atoms with Crippen molar-refractivity contribution >= 4 is 11.9 Å². The van der Waals surface area contributed by atoms with Crippen LogP contribution in [0.25, 0.3) is 0 Å². The van der Waals surface area contributed by atoms with Gasteiger partial charge in [0.2, 0.25) is 5.91 Å². The highest BCUT2D eigenvalue weighted by Gasteiger charge is 1.86. The first-order valence-electron chi connectivity index (χ1n) is 2.28. The number of carboxylic acid groups (broad SMARTS) is 1. The molecule has 6 nitrogen and oxygen atoms in total. The number of carboxylic acids is 1. The molecule has 0 aromatic carbocycles. The number of aliphatic carboxylic acids is 1. The topological polar surface area (TPSA) is 124 Å². The molecule has 0 atom stereocenters. The van der Waals surface area contributed by atoms with Gasteiger partial charge in [0.1, 0.15) is 0 Å². The average Bonchev–Trinajstić information content (AvgIpc) is 1.85. The molecular weight excluding hydrogens is 152 g/mol. The van der Waals surface area contributed by atoms with Crippen LogP contribution in [0.4, 0.5) is 0 Å². The summed E-state index contributed by atoms with van der Waals surface area (Å²) in [6.07, 6.45) is 2.21. The Balaban J connectivity index is 0. The van der Waals surface area contributed by atoms with Crippen molar-refractivity contribution in [2.75, 3.05) is 0 Å². The zero-order chi connectivity index (χ0) is 9.28. The third kappa shape index (κ3) is 32.2. The molecular formula is C5H6N2O4. The Morgan fingerprint density at radius 2 is 1.82 bits per heavy atom. The van der Waals surface area contributed by atoms with Crippen molar-refractivity contribution in [2.45, 2.75) is 0 Å². The molecule has 0 radical (unpaired) electrons. The molecule has 0 unspecified atom stereocenters. The van der Waals surface area contributed by atoms with Crippen molar-refractivity contribution in [1.82, 2.24) is 0 Å². The summed E-state index contributed by atoms with van der Waals surface area (Å²) in [6, 6.07) is 0. The van der Waals surface area contributed by atoms with E-state index in [1.165, 1.54) is 0 Å². The Bertz CT molecular complexity index is 187. The number of carbonyl (C=O) groups excluding carboxylic acids is 1. The lowest BCUT2D eigenvalue weighted by atomic mass is 10.5. The summed E-state index contributed by atoms with van der Waals surface area (Å²) in [4.78, 5) is 19.4. The Labute approximate surface area is 62.2 Å². The van der Waals surface area contributed by atoms with Crippen LogP contribution in [0.15, 0.2) is 12.2 Å². The van der Waals surface area contributed by atoms with Crippen LogP contribution in [-0.2, 0) is 9.59 Å². The molecule has 1 amide bonds. The summed E-state index contributed by atoms with van der Waals surface area (Å²) in [6.45, 7) is 0.